The van der Waals surface area contributed by atoms with E-state index >= 15 is 0 Å². The molecule has 2 aliphatic heterocycles. The van der Waals surface area contributed by atoms with Crippen molar-refractivity contribution in [2.24, 2.45) is 5.92 Å². The Hall–Kier alpha value is -2.28. The number of nitrogens with zero attached hydrogens (tertiary/aromatic N) is 3. The van der Waals surface area contributed by atoms with Gasteiger partial charge in [0, 0.05) is 38.8 Å². The molecule has 0 unspecified atom stereocenters. The quantitative estimate of drug-likeness (QED) is 0.793. The van der Waals surface area contributed by atoms with Crippen LogP contribution in [0.15, 0.2) is 33.5 Å². The smallest absolute Gasteiger partial charge is 0.419 e. The number of rotatable bonds is 2. The first-order valence-electron chi connectivity index (χ1n) is 10.1. The minimum absolute atomic E-state index is 0.217. The predicted molar refractivity (Wildman–Crippen MR) is 106 cm³/mol. The van der Waals surface area contributed by atoms with Gasteiger partial charge >= 0.3 is 11.8 Å². The highest BCUT2D eigenvalue weighted by molar-refractivity contribution is 5.72. The molecule has 1 aromatic carbocycles. The monoisotopic (exact) mass is 387 g/mol. The summed E-state index contributed by atoms with van der Waals surface area (Å²) in [5.41, 5.74) is 1.04. The van der Waals surface area contributed by atoms with E-state index in [1.54, 1.807) is 4.57 Å². The minimum Gasteiger partial charge on any atom is -0.444 e. The van der Waals surface area contributed by atoms with Gasteiger partial charge in [-0.3, -0.25) is 9.47 Å². The van der Waals surface area contributed by atoms with Gasteiger partial charge in [0.1, 0.15) is 5.60 Å². The molecule has 4 rings (SSSR count). The Balaban J connectivity index is 1.38. The first-order valence-corrected chi connectivity index (χ1v) is 10.1. The number of hydrogen-bond donors (Lipinski definition) is 0. The van der Waals surface area contributed by atoms with Crippen LogP contribution in [0.5, 0.6) is 0 Å². The molecule has 28 heavy (non-hydrogen) atoms. The van der Waals surface area contributed by atoms with E-state index in [4.69, 9.17) is 9.15 Å². The fourth-order valence-corrected chi connectivity index (χ4v) is 4.34. The maximum absolute atomic E-state index is 12.4. The fourth-order valence-electron chi connectivity index (χ4n) is 4.34. The number of benzene rings is 1. The maximum atomic E-state index is 12.4. The number of oxazole rings is 1. The summed E-state index contributed by atoms with van der Waals surface area (Å²) in [6.45, 7) is 9.56. The molecule has 7 heteroatoms. The number of fused-ring (bicyclic) bond motifs is 2. The number of piperazine rings is 1. The Bertz CT molecular complexity index is 910. The second-order valence-electron chi connectivity index (χ2n) is 8.96. The van der Waals surface area contributed by atoms with E-state index in [0.717, 1.165) is 38.0 Å². The first kappa shape index (κ1) is 19.1. The molecular formula is C21H29N3O4. The number of carbonyl (C=O) groups is 1. The number of para-hydroxylation sites is 2. The van der Waals surface area contributed by atoms with Gasteiger partial charge in [0.15, 0.2) is 5.58 Å². The second-order valence-corrected chi connectivity index (χ2v) is 8.96. The lowest BCUT2D eigenvalue weighted by Crippen LogP contribution is -2.58. The van der Waals surface area contributed by atoms with Crippen LogP contribution < -0.4 is 5.76 Å². The van der Waals surface area contributed by atoms with E-state index in [1.165, 1.54) is 0 Å². The summed E-state index contributed by atoms with van der Waals surface area (Å²) in [4.78, 5) is 28.9. The highest BCUT2D eigenvalue weighted by Crippen LogP contribution is 2.27. The molecule has 152 valence electrons. The second kappa shape index (κ2) is 7.28. The normalized spacial score (nSPS) is 23.6. The molecule has 2 saturated heterocycles. The number of carbonyl (C=O) groups excluding carboxylic acids is 1. The molecule has 1 aromatic heterocycles. The Labute approximate surface area is 164 Å². The van der Waals surface area contributed by atoms with Crippen molar-refractivity contribution in [3.05, 3.63) is 34.8 Å². The Kier molecular flexibility index (Phi) is 4.95. The van der Waals surface area contributed by atoms with Gasteiger partial charge in [-0.25, -0.2) is 9.59 Å². The van der Waals surface area contributed by atoms with Gasteiger partial charge in [-0.15, -0.1) is 0 Å². The maximum Gasteiger partial charge on any atom is 0.419 e. The van der Waals surface area contributed by atoms with Gasteiger partial charge in [0.25, 0.3) is 0 Å². The van der Waals surface area contributed by atoms with Crippen LogP contribution in [0, 0.1) is 5.92 Å². The summed E-state index contributed by atoms with van der Waals surface area (Å²) in [5, 5.41) is 0. The molecule has 0 aliphatic carbocycles. The van der Waals surface area contributed by atoms with Crippen LogP contribution in [0.25, 0.3) is 11.1 Å². The van der Waals surface area contributed by atoms with Crippen molar-refractivity contribution in [2.45, 2.75) is 51.8 Å². The Morgan fingerprint density at radius 1 is 1.18 bits per heavy atom. The fraction of sp³-hybridized carbons (Fsp3) is 0.619. The molecule has 3 heterocycles. The van der Waals surface area contributed by atoms with E-state index in [0.29, 0.717) is 30.6 Å². The van der Waals surface area contributed by atoms with Crippen molar-refractivity contribution in [1.29, 1.82) is 0 Å². The highest BCUT2D eigenvalue weighted by atomic mass is 16.6. The van der Waals surface area contributed by atoms with Crippen LogP contribution in [0.3, 0.4) is 0 Å². The zero-order valence-electron chi connectivity index (χ0n) is 16.9. The molecule has 0 saturated carbocycles. The number of piperidine rings is 1. The third kappa shape index (κ3) is 3.94. The average molecular weight is 387 g/mol. The molecule has 2 aromatic rings. The van der Waals surface area contributed by atoms with Crippen LogP contribution in [0.4, 0.5) is 4.79 Å². The van der Waals surface area contributed by atoms with Crippen molar-refractivity contribution in [3.63, 3.8) is 0 Å². The molecule has 0 bridgehead atoms. The Morgan fingerprint density at radius 2 is 1.96 bits per heavy atom. The lowest BCUT2D eigenvalue weighted by atomic mass is 9.91. The molecule has 1 amide bonds. The number of hydrogen-bond acceptors (Lipinski definition) is 5. The van der Waals surface area contributed by atoms with Crippen LogP contribution >= 0.6 is 0 Å². The van der Waals surface area contributed by atoms with E-state index in [2.05, 4.69) is 4.90 Å². The highest BCUT2D eigenvalue weighted by Gasteiger charge is 2.36. The van der Waals surface area contributed by atoms with Crippen LogP contribution in [-0.2, 0) is 11.3 Å². The van der Waals surface area contributed by atoms with E-state index < -0.39 is 5.60 Å². The number of amides is 1. The number of aromatic nitrogens is 1. The SMILES string of the molecule is CC(C)(C)OC(=O)N1CCN2C[C@H](Cn3c(=O)oc4ccccc43)CC[C@H]2C1. The van der Waals surface area contributed by atoms with Gasteiger partial charge in [0.05, 0.1) is 5.52 Å². The largest absolute Gasteiger partial charge is 0.444 e. The van der Waals surface area contributed by atoms with Gasteiger partial charge in [-0.2, -0.15) is 0 Å². The zero-order valence-corrected chi connectivity index (χ0v) is 16.9. The molecule has 0 N–H and O–H groups in total. The summed E-state index contributed by atoms with van der Waals surface area (Å²) in [6, 6.07) is 7.95. The van der Waals surface area contributed by atoms with Gasteiger partial charge in [-0.1, -0.05) is 12.1 Å². The molecule has 0 spiro atoms. The summed E-state index contributed by atoms with van der Waals surface area (Å²) in [5.74, 6) is 0.126. The predicted octanol–water partition coefficient (Wildman–Crippen LogP) is 2.93. The van der Waals surface area contributed by atoms with Crippen LogP contribution in [-0.4, -0.2) is 58.3 Å². The summed E-state index contributed by atoms with van der Waals surface area (Å²) in [6.07, 6.45) is 1.84. The van der Waals surface area contributed by atoms with Crippen molar-refractivity contribution in [1.82, 2.24) is 14.4 Å². The molecule has 0 radical (unpaired) electrons. The summed E-state index contributed by atoms with van der Waals surface area (Å²) < 4.78 is 12.6. The van der Waals surface area contributed by atoms with Crippen LogP contribution in [0.1, 0.15) is 33.6 Å². The zero-order chi connectivity index (χ0) is 19.9. The first-order chi connectivity index (χ1) is 13.3. The summed E-state index contributed by atoms with van der Waals surface area (Å²) >= 11 is 0. The minimum atomic E-state index is -0.466. The topological polar surface area (TPSA) is 67.9 Å². The average Bonchev–Trinajstić information content (AvgIpc) is 2.95. The van der Waals surface area contributed by atoms with Gasteiger partial charge < -0.3 is 14.1 Å². The lowest BCUT2D eigenvalue weighted by molar-refractivity contribution is -0.00994. The molecule has 2 aliphatic rings. The summed E-state index contributed by atoms with van der Waals surface area (Å²) in [7, 11) is 0. The van der Waals surface area contributed by atoms with Crippen molar-refractivity contribution in [3.8, 4) is 0 Å². The van der Waals surface area contributed by atoms with Crippen LogP contribution in [0.2, 0.25) is 0 Å². The third-order valence-corrected chi connectivity index (χ3v) is 5.67. The van der Waals surface area contributed by atoms with E-state index in [-0.39, 0.29) is 11.8 Å². The molecule has 2 fully saturated rings. The van der Waals surface area contributed by atoms with Gasteiger partial charge in [-0.05, 0) is 51.7 Å². The number of ether oxygens (including phenoxy) is 1. The van der Waals surface area contributed by atoms with Crippen molar-refractivity contribution >= 4 is 17.2 Å². The molecular weight excluding hydrogens is 358 g/mol. The van der Waals surface area contributed by atoms with Crippen molar-refractivity contribution < 1.29 is 13.9 Å². The van der Waals surface area contributed by atoms with Crippen molar-refractivity contribution in [2.75, 3.05) is 26.2 Å². The standard InChI is InChI=1S/C21H29N3O4/c1-21(2,3)28-19(25)23-11-10-22-12-15(8-9-16(22)14-23)13-24-17-6-4-5-7-18(17)27-20(24)26/h4-7,15-16H,8-14H2,1-3H3/t15-,16+/m1/s1. The molecule has 7 nitrogen and oxygen atoms in total. The van der Waals surface area contributed by atoms with E-state index in [1.807, 2.05) is 49.9 Å². The van der Waals surface area contributed by atoms with E-state index in [9.17, 15) is 9.59 Å². The van der Waals surface area contributed by atoms with Gasteiger partial charge in [0.2, 0.25) is 0 Å². The third-order valence-electron chi connectivity index (χ3n) is 5.67. The Morgan fingerprint density at radius 3 is 2.75 bits per heavy atom. The molecule has 2 atom stereocenters. The lowest BCUT2D eigenvalue weighted by Gasteiger charge is -2.46.